The SMILES string of the molecule is CC(N[S+]([O-])C(C)(C)C)c1cc2cnccc2n1S(=O)(=O)c1ccccc1. The Hall–Kier alpha value is -1.87. The summed E-state index contributed by atoms with van der Waals surface area (Å²) in [6.07, 6.45) is 3.19. The molecule has 3 aromatic rings. The van der Waals surface area contributed by atoms with Crippen LogP contribution in [0.3, 0.4) is 0 Å². The number of fused-ring (bicyclic) bond motifs is 1. The highest BCUT2D eigenvalue weighted by atomic mass is 32.2. The summed E-state index contributed by atoms with van der Waals surface area (Å²) in [5.74, 6) is 0. The average Bonchev–Trinajstić information content (AvgIpc) is 3.02. The lowest BCUT2D eigenvalue weighted by molar-refractivity contribution is 0.527. The van der Waals surface area contributed by atoms with Gasteiger partial charge < -0.3 is 4.55 Å². The van der Waals surface area contributed by atoms with Gasteiger partial charge in [0.1, 0.15) is 4.75 Å². The molecule has 1 N–H and O–H groups in total. The van der Waals surface area contributed by atoms with Gasteiger partial charge in [-0.15, -0.1) is 4.72 Å². The fourth-order valence-corrected chi connectivity index (χ4v) is 5.14. The van der Waals surface area contributed by atoms with Crippen molar-refractivity contribution in [3.63, 3.8) is 0 Å². The van der Waals surface area contributed by atoms with E-state index >= 15 is 0 Å². The van der Waals surface area contributed by atoms with E-state index in [1.54, 1.807) is 54.9 Å². The predicted molar refractivity (Wildman–Crippen MR) is 108 cm³/mol. The van der Waals surface area contributed by atoms with E-state index in [2.05, 4.69) is 9.71 Å². The van der Waals surface area contributed by atoms with Crippen LogP contribution in [0.2, 0.25) is 0 Å². The molecule has 0 fully saturated rings. The van der Waals surface area contributed by atoms with Crippen LogP contribution in [0.4, 0.5) is 0 Å². The summed E-state index contributed by atoms with van der Waals surface area (Å²) in [7, 11) is -3.82. The summed E-state index contributed by atoms with van der Waals surface area (Å²) >= 11 is -1.34. The summed E-state index contributed by atoms with van der Waals surface area (Å²) in [6, 6.07) is 11.3. The molecule has 27 heavy (non-hydrogen) atoms. The molecule has 0 aliphatic carbocycles. The Morgan fingerprint density at radius 1 is 1.19 bits per heavy atom. The van der Waals surface area contributed by atoms with E-state index in [4.69, 9.17) is 0 Å². The number of benzene rings is 1. The number of rotatable bonds is 5. The van der Waals surface area contributed by atoms with Crippen LogP contribution in [-0.2, 0) is 21.4 Å². The minimum absolute atomic E-state index is 0.199. The van der Waals surface area contributed by atoms with Gasteiger partial charge in [0.2, 0.25) is 0 Å². The smallest absolute Gasteiger partial charge is 0.268 e. The van der Waals surface area contributed by atoms with Gasteiger partial charge >= 0.3 is 0 Å². The van der Waals surface area contributed by atoms with Crippen LogP contribution < -0.4 is 4.72 Å². The molecule has 0 saturated carbocycles. The largest absolute Gasteiger partial charge is 0.598 e. The maximum Gasteiger partial charge on any atom is 0.268 e. The Balaban J connectivity index is 2.16. The predicted octanol–water partition coefficient (Wildman–Crippen LogP) is 3.39. The number of pyridine rings is 1. The van der Waals surface area contributed by atoms with E-state index in [0.717, 1.165) is 0 Å². The topological polar surface area (TPSA) is 87.0 Å². The lowest BCUT2D eigenvalue weighted by atomic mass is 10.2. The average molecular weight is 406 g/mol. The highest BCUT2D eigenvalue weighted by Gasteiger charge is 2.31. The summed E-state index contributed by atoms with van der Waals surface area (Å²) in [6.45, 7) is 7.40. The van der Waals surface area contributed by atoms with Crippen molar-refractivity contribution in [1.29, 1.82) is 0 Å². The van der Waals surface area contributed by atoms with Crippen molar-refractivity contribution in [3.05, 3.63) is 60.6 Å². The Morgan fingerprint density at radius 3 is 2.48 bits per heavy atom. The molecule has 2 unspecified atom stereocenters. The summed E-state index contributed by atoms with van der Waals surface area (Å²) in [5.41, 5.74) is 1.05. The maximum atomic E-state index is 13.4. The van der Waals surface area contributed by atoms with Gasteiger partial charge in [0.25, 0.3) is 10.0 Å². The van der Waals surface area contributed by atoms with Crippen molar-refractivity contribution in [2.24, 2.45) is 0 Å². The zero-order chi connectivity index (χ0) is 19.8. The minimum atomic E-state index is -3.82. The third-order valence-corrected chi connectivity index (χ3v) is 7.59. The number of nitrogens with zero attached hydrogens (tertiary/aromatic N) is 2. The van der Waals surface area contributed by atoms with Crippen LogP contribution in [0.25, 0.3) is 10.9 Å². The Kier molecular flexibility index (Phi) is 5.36. The van der Waals surface area contributed by atoms with E-state index in [1.807, 2.05) is 27.7 Å². The molecule has 0 saturated heterocycles. The van der Waals surface area contributed by atoms with Crippen molar-refractivity contribution in [1.82, 2.24) is 13.7 Å². The molecule has 2 heterocycles. The second-order valence-corrected chi connectivity index (χ2v) is 11.1. The summed E-state index contributed by atoms with van der Waals surface area (Å²) < 4.78 is 43.1. The molecule has 6 nitrogen and oxygen atoms in total. The fraction of sp³-hybridized carbons (Fsp3) is 0.316. The first-order valence-corrected chi connectivity index (χ1v) is 11.2. The number of nitrogens with one attached hydrogen (secondary N) is 1. The molecule has 1 aromatic carbocycles. The number of aromatic nitrogens is 2. The van der Waals surface area contributed by atoms with Crippen molar-refractivity contribution < 1.29 is 13.0 Å². The van der Waals surface area contributed by atoms with Gasteiger partial charge in [0.15, 0.2) is 0 Å². The molecular weight excluding hydrogens is 382 g/mol. The van der Waals surface area contributed by atoms with E-state index in [9.17, 15) is 13.0 Å². The van der Waals surface area contributed by atoms with Gasteiger partial charge in [0, 0.05) is 29.1 Å². The first kappa shape index (κ1) is 19.9. The highest BCUT2D eigenvalue weighted by molar-refractivity contribution is 7.91. The Morgan fingerprint density at radius 2 is 1.85 bits per heavy atom. The van der Waals surface area contributed by atoms with E-state index in [0.29, 0.717) is 16.6 Å². The van der Waals surface area contributed by atoms with Crippen molar-refractivity contribution in [3.8, 4) is 0 Å². The van der Waals surface area contributed by atoms with E-state index in [1.165, 1.54) is 3.97 Å². The first-order chi connectivity index (χ1) is 12.6. The van der Waals surface area contributed by atoms with Crippen molar-refractivity contribution in [2.45, 2.75) is 43.4 Å². The lowest BCUT2D eigenvalue weighted by Gasteiger charge is -2.27. The molecule has 0 aliphatic rings. The second kappa shape index (κ2) is 7.27. The van der Waals surface area contributed by atoms with Gasteiger partial charge in [-0.3, -0.25) is 4.98 Å². The highest BCUT2D eigenvalue weighted by Crippen LogP contribution is 2.30. The molecule has 0 spiro atoms. The molecule has 0 radical (unpaired) electrons. The Bertz CT molecular complexity index is 1040. The summed E-state index contributed by atoms with van der Waals surface area (Å²) in [4.78, 5) is 4.29. The number of hydrogen-bond donors (Lipinski definition) is 1. The zero-order valence-corrected chi connectivity index (χ0v) is 17.3. The first-order valence-electron chi connectivity index (χ1n) is 8.56. The van der Waals surface area contributed by atoms with Crippen LogP contribution in [0, 0.1) is 0 Å². The fourth-order valence-electron chi connectivity index (χ4n) is 2.72. The standard InChI is InChI=1S/C19H23N3O3S2/c1-14(21-26(23)19(2,3)4)18-12-15-13-20-11-10-17(15)22(18)27(24,25)16-8-6-5-7-9-16/h5-14,21H,1-4H3. The molecule has 3 rings (SSSR count). The number of hydrogen-bond acceptors (Lipinski definition) is 5. The van der Waals surface area contributed by atoms with Gasteiger partial charge in [-0.05, 0) is 52.0 Å². The van der Waals surface area contributed by atoms with Gasteiger partial charge in [-0.25, -0.2) is 12.4 Å². The molecule has 144 valence electrons. The van der Waals surface area contributed by atoms with E-state index in [-0.39, 0.29) is 4.90 Å². The molecule has 8 heteroatoms. The monoisotopic (exact) mass is 405 g/mol. The van der Waals surface area contributed by atoms with Crippen LogP contribution >= 0.6 is 0 Å². The van der Waals surface area contributed by atoms with Crippen LogP contribution in [0.5, 0.6) is 0 Å². The van der Waals surface area contributed by atoms with Crippen molar-refractivity contribution >= 4 is 32.3 Å². The Labute approximate surface area is 163 Å². The van der Waals surface area contributed by atoms with Crippen LogP contribution in [0.1, 0.15) is 39.4 Å². The van der Waals surface area contributed by atoms with Crippen LogP contribution in [0.15, 0.2) is 59.8 Å². The molecule has 2 aromatic heterocycles. The normalized spacial score (nSPS) is 15.0. The maximum absolute atomic E-state index is 13.4. The zero-order valence-electron chi connectivity index (χ0n) is 15.7. The minimum Gasteiger partial charge on any atom is -0.598 e. The lowest BCUT2D eigenvalue weighted by Crippen LogP contribution is -2.41. The third-order valence-electron chi connectivity index (χ3n) is 4.15. The van der Waals surface area contributed by atoms with E-state index < -0.39 is 32.2 Å². The molecule has 0 amide bonds. The molecular formula is C19H23N3O3S2. The van der Waals surface area contributed by atoms with Gasteiger partial charge in [-0.1, -0.05) is 18.2 Å². The third kappa shape index (κ3) is 3.89. The van der Waals surface area contributed by atoms with Crippen LogP contribution in [-0.4, -0.2) is 26.7 Å². The quantitative estimate of drug-likeness (QED) is 0.658. The summed E-state index contributed by atoms with van der Waals surface area (Å²) in [5, 5.41) is 0.710. The second-order valence-electron chi connectivity index (χ2n) is 7.31. The van der Waals surface area contributed by atoms with Gasteiger partial charge in [-0.2, -0.15) is 0 Å². The van der Waals surface area contributed by atoms with Crippen molar-refractivity contribution in [2.75, 3.05) is 0 Å². The van der Waals surface area contributed by atoms with Gasteiger partial charge in [0.05, 0.1) is 22.1 Å². The molecule has 0 bridgehead atoms. The molecule has 2 atom stereocenters. The molecule has 0 aliphatic heterocycles.